The number of pyridine rings is 1. The van der Waals surface area contributed by atoms with Crippen LogP contribution in [0.5, 0.6) is 5.75 Å². The van der Waals surface area contributed by atoms with Crippen molar-refractivity contribution in [2.75, 3.05) is 6.54 Å². The normalized spacial score (nSPS) is 17.2. The zero-order valence-corrected chi connectivity index (χ0v) is 12.2. The Bertz CT molecular complexity index is 679. The van der Waals surface area contributed by atoms with Crippen molar-refractivity contribution in [2.24, 2.45) is 5.92 Å². The second kappa shape index (κ2) is 5.44. The summed E-state index contributed by atoms with van der Waals surface area (Å²) in [5, 5.41) is 4.11. The summed E-state index contributed by atoms with van der Waals surface area (Å²) in [4.78, 5) is 18.2. The van der Waals surface area contributed by atoms with E-state index in [0.717, 1.165) is 42.8 Å². The fourth-order valence-electron chi connectivity index (χ4n) is 2.74. The van der Waals surface area contributed by atoms with Gasteiger partial charge in [0, 0.05) is 30.6 Å². The first kappa shape index (κ1) is 13.3. The summed E-state index contributed by atoms with van der Waals surface area (Å²) in [6, 6.07) is 3.67. The highest BCUT2D eigenvalue weighted by atomic mass is 16.5. The molecular formula is C16H17N3O3. The zero-order valence-electron chi connectivity index (χ0n) is 12.2. The maximum atomic E-state index is 12.2. The van der Waals surface area contributed by atoms with E-state index in [0.29, 0.717) is 18.9 Å². The van der Waals surface area contributed by atoms with Gasteiger partial charge in [-0.3, -0.25) is 9.78 Å². The Kier molecular flexibility index (Phi) is 3.29. The molecule has 6 nitrogen and oxygen atoms in total. The maximum Gasteiger partial charge on any atom is 0.225 e. The molecule has 22 heavy (non-hydrogen) atoms. The molecule has 0 atom stereocenters. The quantitative estimate of drug-likeness (QED) is 0.863. The molecule has 4 rings (SSSR count). The third-order valence-electron chi connectivity index (χ3n) is 4.16. The Balaban J connectivity index is 1.46. The summed E-state index contributed by atoms with van der Waals surface area (Å²) >= 11 is 0. The lowest BCUT2D eigenvalue weighted by atomic mass is 10.1. The summed E-state index contributed by atoms with van der Waals surface area (Å²) < 4.78 is 11.1. The van der Waals surface area contributed by atoms with Crippen molar-refractivity contribution in [1.29, 1.82) is 0 Å². The molecule has 0 aromatic carbocycles. The first-order chi connectivity index (χ1) is 10.8. The van der Waals surface area contributed by atoms with Gasteiger partial charge in [0.05, 0.1) is 12.7 Å². The van der Waals surface area contributed by atoms with Crippen molar-refractivity contribution in [3.63, 3.8) is 0 Å². The first-order valence-corrected chi connectivity index (χ1v) is 7.59. The topological polar surface area (TPSA) is 68.5 Å². The standard InChI is InChI=1S/C16H17N3O3/c20-16(11-3-4-11)19-7-5-15-13(9-19)14(18-22-15)10-21-12-2-1-6-17-8-12/h1-2,6,8,11H,3-5,7,9-10H2. The molecule has 114 valence electrons. The molecule has 1 aliphatic carbocycles. The summed E-state index contributed by atoms with van der Waals surface area (Å²) in [6.45, 7) is 1.64. The maximum absolute atomic E-state index is 12.2. The Morgan fingerprint density at radius 1 is 1.45 bits per heavy atom. The number of carbonyl (C=O) groups is 1. The molecule has 1 fully saturated rings. The molecule has 2 aromatic heterocycles. The van der Waals surface area contributed by atoms with E-state index >= 15 is 0 Å². The highest BCUT2D eigenvalue weighted by Gasteiger charge is 2.36. The molecule has 3 heterocycles. The van der Waals surface area contributed by atoms with Crippen molar-refractivity contribution in [3.8, 4) is 5.75 Å². The minimum absolute atomic E-state index is 0.247. The SMILES string of the molecule is O=C(C1CC1)N1CCc2onc(COc3cccnc3)c2C1. The molecular weight excluding hydrogens is 282 g/mol. The predicted octanol–water partition coefficient (Wildman–Crippen LogP) is 1.94. The second-order valence-electron chi connectivity index (χ2n) is 5.79. The van der Waals surface area contributed by atoms with E-state index in [-0.39, 0.29) is 11.8 Å². The summed E-state index contributed by atoms with van der Waals surface area (Å²) in [6.07, 6.45) is 6.15. The van der Waals surface area contributed by atoms with E-state index in [1.54, 1.807) is 12.4 Å². The largest absolute Gasteiger partial charge is 0.486 e. The van der Waals surface area contributed by atoms with E-state index in [4.69, 9.17) is 9.26 Å². The molecule has 0 radical (unpaired) electrons. The smallest absolute Gasteiger partial charge is 0.225 e. The number of rotatable bonds is 4. The monoisotopic (exact) mass is 299 g/mol. The van der Waals surface area contributed by atoms with Gasteiger partial charge in [0.15, 0.2) is 0 Å². The molecule has 2 aromatic rings. The Morgan fingerprint density at radius 2 is 2.36 bits per heavy atom. The molecule has 1 aliphatic heterocycles. The van der Waals surface area contributed by atoms with Crippen LogP contribution in [-0.2, 0) is 24.4 Å². The number of hydrogen-bond acceptors (Lipinski definition) is 5. The molecule has 0 N–H and O–H groups in total. The van der Waals surface area contributed by atoms with Gasteiger partial charge in [0.25, 0.3) is 0 Å². The van der Waals surface area contributed by atoms with Crippen LogP contribution in [0.1, 0.15) is 29.9 Å². The van der Waals surface area contributed by atoms with Crippen LogP contribution in [-0.4, -0.2) is 27.5 Å². The van der Waals surface area contributed by atoms with Crippen molar-refractivity contribution >= 4 is 5.91 Å². The Hall–Kier alpha value is -2.37. The van der Waals surface area contributed by atoms with Gasteiger partial charge in [-0.1, -0.05) is 5.16 Å². The van der Waals surface area contributed by atoms with Gasteiger partial charge in [-0.15, -0.1) is 0 Å². The number of fused-ring (bicyclic) bond motifs is 1. The van der Waals surface area contributed by atoms with Crippen molar-refractivity contribution in [2.45, 2.75) is 32.4 Å². The lowest BCUT2D eigenvalue weighted by molar-refractivity contribution is -0.133. The van der Waals surface area contributed by atoms with Crippen LogP contribution < -0.4 is 4.74 Å². The van der Waals surface area contributed by atoms with Gasteiger partial charge in [-0.05, 0) is 25.0 Å². The summed E-state index contributed by atoms with van der Waals surface area (Å²) in [5.74, 6) is 2.09. The van der Waals surface area contributed by atoms with Crippen LogP contribution >= 0.6 is 0 Å². The molecule has 0 unspecified atom stereocenters. The van der Waals surface area contributed by atoms with E-state index in [2.05, 4.69) is 10.1 Å². The summed E-state index contributed by atoms with van der Waals surface area (Å²) in [5.41, 5.74) is 1.77. The number of carbonyl (C=O) groups excluding carboxylic acids is 1. The van der Waals surface area contributed by atoms with Gasteiger partial charge in [0.1, 0.15) is 23.8 Å². The Morgan fingerprint density at radius 3 is 3.14 bits per heavy atom. The Labute approximate surface area is 128 Å². The minimum atomic E-state index is 0.247. The van der Waals surface area contributed by atoms with Gasteiger partial charge >= 0.3 is 0 Å². The van der Waals surface area contributed by atoms with E-state index in [9.17, 15) is 4.79 Å². The zero-order chi connectivity index (χ0) is 14.9. The number of amides is 1. The van der Waals surface area contributed by atoms with Crippen LogP contribution in [0.15, 0.2) is 29.0 Å². The highest BCUT2D eigenvalue weighted by Crippen LogP contribution is 2.33. The third-order valence-corrected chi connectivity index (χ3v) is 4.16. The van der Waals surface area contributed by atoms with E-state index in [1.165, 1.54) is 0 Å². The average Bonchev–Trinajstić information content (AvgIpc) is 3.34. The summed E-state index contributed by atoms with van der Waals surface area (Å²) in [7, 11) is 0. The molecule has 2 aliphatic rings. The van der Waals surface area contributed by atoms with Crippen LogP contribution in [0.4, 0.5) is 0 Å². The van der Waals surface area contributed by atoms with Gasteiger partial charge in [-0.25, -0.2) is 0 Å². The van der Waals surface area contributed by atoms with Crippen molar-refractivity contribution < 1.29 is 14.1 Å². The molecule has 6 heteroatoms. The van der Waals surface area contributed by atoms with Gasteiger partial charge in [0.2, 0.25) is 5.91 Å². The first-order valence-electron chi connectivity index (χ1n) is 7.59. The molecule has 0 bridgehead atoms. The number of nitrogens with zero attached hydrogens (tertiary/aromatic N) is 3. The van der Waals surface area contributed by atoms with Crippen LogP contribution in [0.25, 0.3) is 0 Å². The lowest BCUT2D eigenvalue weighted by Gasteiger charge is -2.26. The third kappa shape index (κ3) is 2.56. The average molecular weight is 299 g/mol. The second-order valence-corrected chi connectivity index (χ2v) is 5.79. The minimum Gasteiger partial charge on any atom is -0.486 e. The van der Waals surface area contributed by atoms with Crippen molar-refractivity contribution in [3.05, 3.63) is 41.5 Å². The van der Waals surface area contributed by atoms with Crippen LogP contribution in [0.2, 0.25) is 0 Å². The van der Waals surface area contributed by atoms with E-state index in [1.807, 2.05) is 17.0 Å². The number of ether oxygens (including phenoxy) is 1. The highest BCUT2D eigenvalue weighted by molar-refractivity contribution is 5.81. The fourth-order valence-corrected chi connectivity index (χ4v) is 2.74. The predicted molar refractivity (Wildman–Crippen MR) is 76.9 cm³/mol. The molecule has 0 spiro atoms. The molecule has 0 saturated heterocycles. The van der Waals surface area contributed by atoms with E-state index < -0.39 is 0 Å². The lowest BCUT2D eigenvalue weighted by Crippen LogP contribution is -2.36. The van der Waals surface area contributed by atoms with Crippen LogP contribution in [0.3, 0.4) is 0 Å². The van der Waals surface area contributed by atoms with Gasteiger partial charge in [-0.2, -0.15) is 0 Å². The van der Waals surface area contributed by atoms with Crippen molar-refractivity contribution in [1.82, 2.24) is 15.0 Å². The molecule has 1 amide bonds. The fraction of sp³-hybridized carbons (Fsp3) is 0.438. The molecule has 1 saturated carbocycles. The van der Waals surface area contributed by atoms with Crippen LogP contribution in [0, 0.1) is 5.92 Å². The number of aromatic nitrogens is 2. The number of hydrogen-bond donors (Lipinski definition) is 0. The van der Waals surface area contributed by atoms with Gasteiger partial charge < -0.3 is 14.2 Å².